The number of quaternary nitrogens is 2. The number of rotatable bonds is 32. The van der Waals surface area contributed by atoms with Crippen LogP contribution in [0.3, 0.4) is 0 Å². The van der Waals surface area contributed by atoms with E-state index in [9.17, 15) is 27.7 Å². The predicted molar refractivity (Wildman–Crippen MR) is 263 cm³/mol. The van der Waals surface area contributed by atoms with Gasteiger partial charge in [-0.05, 0) is 57.6 Å². The minimum Gasteiger partial charge on any atom is -0.774 e. The van der Waals surface area contributed by atoms with Crippen molar-refractivity contribution in [3.63, 3.8) is 0 Å². The van der Waals surface area contributed by atoms with Gasteiger partial charge in [0.15, 0.2) is 22.8 Å². The zero-order valence-electron chi connectivity index (χ0n) is 43.1. The first-order valence-electron chi connectivity index (χ1n) is 25.4. The Labute approximate surface area is 411 Å². The van der Waals surface area contributed by atoms with E-state index in [-0.39, 0.29) is 17.0 Å². The van der Waals surface area contributed by atoms with Crippen LogP contribution < -0.4 is 15.5 Å². The molecule has 2 saturated heterocycles. The topological polar surface area (TPSA) is 216 Å². The first kappa shape index (κ1) is 62.7. The molecule has 22 heteroatoms. The highest BCUT2D eigenvalue weighted by Crippen LogP contribution is 2.69. The second-order valence-electron chi connectivity index (χ2n) is 18.3. The fourth-order valence-corrected chi connectivity index (χ4v) is 10.9. The van der Waals surface area contributed by atoms with E-state index in [1.807, 2.05) is 0 Å². The normalized spacial score (nSPS) is 21.4. The lowest BCUT2D eigenvalue weighted by atomic mass is 10.1. The molecule has 0 aliphatic carbocycles. The molecule has 0 spiro atoms. The van der Waals surface area contributed by atoms with Crippen LogP contribution in [-0.4, -0.2) is 136 Å². The predicted octanol–water partition coefficient (Wildman–Crippen LogP) is 9.42. The monoisotopic (exact) mass is 1030 g/mol. The average Bonchev–Trinajstić information content (AvgIpc) is 4.04. The molecule has 2 aliphatic heterocycles. The fourth-order valence-electron chi connectivity index (χ4n) is 8.66. The summed E-state index contributed by atoms with van der Waals surface area (Å²) in [6, 6.07) is 0. The summed E-state index contributed by atoms with van der Waals surface area (Å²) in [7, 11) is -11.8. The van der Waals surface area contributed by atoms with Crippen LogP contribution in [0, 0.1) is 0 Å². The molecular weight excluding hydrogens is 943 g/mol. The number of alkyl halides is 2. The van der Waals surface area contributed by atoms with Gasteiger partial charge in [-0.2, -0.15) is 8.78 Å². The summed E-state index contributed by atoms with van der Waals surface area (Å²) >= 11 is 1.21. The van der Waals surface area contributed by atoms with Crippen LogP contribution in [0.25, 0.3) is 11.2 Å². The smallest absolute Gasteiger partial charge is 0.368 e. The lowest BCUT2D eigenvalue weighted by Gasteiger charge is -2.39. The van der Waals surface area contributed by atoms with Gasteiger partial charge >= 0.3 is 5.40 Å². The van der Waals surface area contributed by atoms with Crippen molar-refractivity contribution < 1.29 is 65.0 Å². The van der Waals surface area contributed by atoms with E-state index in [1.165, 1.54) is 194 Å². The lowest BCUT2D eigenvalue weighted by Crippen LogP contribution is -2.50. The minimum absolute atomic E-state index is 0.0847. The van der Waals surface area contributed by atoms with Crippen LogP contribution in [0.5, 0.6) is 0 Å². The molecule has 7 atom stereocenters. The number of anilines is 1. The van der Waals surface area contributed by atoms with Gasteiger partial charge in [0.2, 0.25) is 15.2 Å². The van der Waals surface area contributed by atoms with E-state index in [4.69, 9.17) is 29.6 Å². The van der Waals surface area contributed by atoms with Crippen molar-refractivity contribution in [2.75, 3.05) is 78.1 Å². The van der Waals surface area contributed by atoms with Crippen molar-refractivity contribution in [2.45, 2.75) is 200 Å². The van der Waals surface area contributed by atoms with Crippen molar-refractivity contribution >= 4 is 43.9 Å². The average molecular weight is 1030 g/mol. The third-order valence-electron chi connectivity index (χ3n) is 12.9. The van der Waals surface area contributed by atoms with Gasteiger partial charge in [-0.25, -0.2) is 15.0 Å². The van der Waals surface area contributed by atoms with E-state index in [0.29, 0.717) is 5.16 Å². The molecule has 2 fully saturated rings. The molecule has 2 aromatic heterocycles. The van der Waals surface area contributed by atoms with E-state index in [0.717, 1.165) is 0 Å². The molecule has 2 aliphatic rings. The number of unbranched alkanes of at least 4 members (excludes halogenated alkanes) is 8. The minimum atomic E-state index is -6.62. The SMILES string of the molecule is CCCC[N+](CCCC)(CCCC)CCCC.CCCC[N+](CCCC)(CCCC)CCCC.COC1O[C@@H]2[C@H](O1)[C@@H](COP(=O)([O-])C(F)(F)P(=O)([O-])O)O[C@H]2n1cnc2c(N)nc(SC)nc21. The van der Waals surface area contributed by atoms with Crippen molar-refractivity contribution in [2.24, 2.45) is 0 Å². The molecule has 398 valence electrons. The van der Waals surface area contributed by atoms with Gasteiger partial charge in [-0.1, -0.05) is 119 Å². The maximum atomic E-state index is 13.7. The highest BCUT2D eigenvalue weighted by atomic mass is 32.2. The zero-order valence-corrected chi connectivity index (χ0v) is 45.7. The van der Waals surface area contributed by atoms with E-state index in [1.54, 1.807) is 6.26 Å². The van der Waals surface area contributed by atoms with Crippen LogP contribution in [0.4, 0.5) is 14.6 Å². The van der Waals surface area contributed by atoms with Gasteiger partial charge in [-0.3, -0.25) is 4.57 Å². The summed E-state index contributed by atoms with van der Waals surface area (Å²) < 4.78 is 80.2. The number of nitrogens with zero attached hydrogens (tertiary/aromatic N) is 6. The number of ether oxygens (including phenoxy) is 4. The number of thioether (sulfide) groups is 1. The first-order valence-corrected chi connectivity index (χ1v) is 29.7. The standard InChI is InChI=1S/2C16H36N.C14H19F2N5O10P2S/c2*1-5-9-13-17(14-10-6-2,15-11-7-3)16-12-8-4;1-27-13-30-7-5(3-28-33(25,26)14(15,16)32(22,23)24)29-11(8(7)31-13)21-4-18-6-9(17)19-12(34-2)20-10(6)21/h2*5-16H2,1-4H3;4-5,7-8,11,13H,3H2,1-2H3,(H,25,26)(H2,17,19,20)(H2,22,23,24)/q2*+1;/p-2/t;;5-,7-,8-,11-,13?/m..1/s1. The maximum Gasteiger partial charge on any atom is 0.368 e. The number of hydrogen-bond donors (Lipinski definition) is 2. The highest BCUT2D eigenvalue weighted by molar-refractivity contribution is 7.98. The molecular formula is C46H89F2N7O10P2S. The molecule has 0 radical (unpaired) electrons. The second-order valence-corrected chi connectivity index (χ2v) is 22.9. The number of nitrogen functional groups attached to an aromatic ring is 1. The Balaban J connectivity index is 0.000000395. The molecule has 3 N–H and O–H groups in total. The quantitative estimate of drug-likeness (QED) is 0.0302. The van der Waals surface area contributed by atoms with Crippen LogP contribution in [0.1, 0.15) is 164 Å². The van der Waals surface area contributed by atoms with Crippen LogP contribution >= 0.6 is 27.0 Å². The highest BCUT2D eigenvalue weighted by Gasteiger charge is 2.56. The summed E-state index contributed by atoms with van der Waals surface area (Å²) in [5.74, 6) is 0.0847. The molecule has 4 rings (SSSR count). The Morgan fingerprint density at radius 1 is 0.735 bits per heavy atom. The summed E-state index contributed by atoms with van der Waals surface area (Å²) in [6.07, 6.45) is 20.7. The Kier molecular flexibility index (Phi) is 28.8. The molecule has 3 unspecified atom stereocenters. The number of nitrogens with two attached hydrogens (primary N) is 1. The maximum absolute atomic E-state index is 13.7. The number of fused-ring (bicyclic) bond motifs is 2. The van der Waals surface area contributed by atoms with Crippen molar-refractivity contribution in [1.82, 2.24) is 19.5 Å². The van der Waals surface area contributed by atoms with Gasteiger partial charge in [0.1, 0.15) is 23.8 Å². The Bertz CT molecular complexity index is 1690. The van der Waals surface area contributed by atoms with Crippen molar-refractivity contribution in [3.05, 3.63) is 6.33 Å². The van der Waals surface area contributed by atoms with Gasteiger partial charge in [-0.15, -0.1) is 0 Å². The summed E-state index contributed by atoms with van der Waals surface area (Å²) in [6.45, 7) is 27.7. The molecule has 0 bridgehead atoms. The number of aromatic nitrogens is 4. The van der Waals surface area contributed by atoms with Crippen LogP contribution in [0.2, 0.25) is 0 Å². The van der Waals surface area contributed by atoms with Crippen LogP contribution in [-0.2, 0) is 32.6 Å². The Hall–Kier alpha value is -1.38. The van der Waals surface area contributed by atoms with Gasteiger partial charge in [0.25, 0.3) is 6.48 Å². The van der Waals surface area contributed by atoms with Crippen molar-refractivity contribution in [3.8, 4) is 0 Å². The number of imidazole rings is 1. The Morgan fingerprint density at radius 3 is 1.49 bits per heavy atom. The second kappa shape index (κ2) is 31.3. The molecule has 0 saturated carbocycles. The molecule has 2 aromatic rings. The van der Waals surface area contributed by atoms with E-state index < -0.39 is 58.2 Å². The third-order valence-corrected chi connectivity index (χ3v) is 16.7. The third kappa shape index (κ3) is 18.3. The van der Waals surface area contributed by atoms with E-state index >= 15 is 0 Å². The van der Waals surface area contributed by atoms with Gasteiger partial charge < -0.3 is 62.0 Å². The molecule has 17 nitrogen and oxygen atoms in total. The van der Waals surface area contributed by atoms with Crippen LogP contribution in [0.15, 0.2) is 11.5 Å². The number of methoxy groups -OCH3 is 1. The molecule has 0 amide bonds. The van der Waals surface area contributed by atoms with Gasteiger partial charge in [0, 0.05) is 7.11 Å². The largest absolute Gasteiger partial charge is 0.774 e. The Morgan fingerprint density at radius 2 is 1.13 bits per heavy atom. The van der Waals surface area contributed by atoms with E-state index in [2.05, 4.69) is 74.9 Å². The molecule has 68 heavy (non-hydrogen) atoms. The lowest BCUT2D eigenvalue weighted by molar-refractivity contribution is -0.929. The molecule has 4 heterocycles. The summed E-state index contributed by atoms with van der Waals surface area (Å²) in [5.41, 5.74) is 6.38. The summed E-state index contributed by atoms with van der Waals surface area (Å²) in [4.78, 5) is 43.7. The first-order chi connectivity index (χ1) is 32.3. The summed E-state index contributed by atoms with van der Waals surface area (Å²) in [5, 5.41) is -5.23. The molecule has 0 aromatic carbocycles. The zero-order chi connectivity index (χ0) is 51.0. The van der Waals surface area contributed by atoms with Crippen molar-refractivity contribution in [1.29, 1.82) is 0 Å². The fraction of sp³-hybridized carbons (Fsp3) is 0.891. The number of hydrogen-bond acceptors (Lipinski definition) is 14. The number of halogens is 2. The van der Waals surface area contributed by atoms with Gasteiger partial charge in [0.05, 0.1) is 65.3 Å².